The van der Waals surface area contributed by atoms with Crippen molar-refractivity contribution in [3.63, 3.8) is 0 Å². The first-order chi connectivity index (χ1) is 14.6. The van der Waals surface area contributed by atoms with Gasteiger partial charge in [-0.25, -0.2) is 9.97 Å². The Kier molecular flexibility index (Phi) is 5.60. The van der Waals surface area contributed by atoms with Crippen molar-refractivity contribution in [3.8, 4) is 29.4 Å². The summed E-state index contributed by atoms with van der Waals surface area (Å²) in [5.41, 5.74) is 4.12. The number of nitrogens with zero attached hydrogens (tertiary/aromatic N) is 2. The Labute approximate surface area is 179 Å². The lowest BCUT2D eigenvalue weighted by Gasteiger charge is -2.11. The molecule has 0 fully saturated rings. The van der Waals surface area contributed by atoms with E-state index < -0.39 is 0 Å². The summed E-state index contributed by atoms with van der Waals surface area (Å²) in [6.45, 7) is 4.49. The smallest absolute Gasteiger partial charge is 0.231 e. The third-order valence-electron chi connectivity index (χ3n) is 4.83. The van der Waals surface area contributed by atoms with Crippen LogP contribution in [0.3, 0.4) is 0 Å². The SMILES string of the molecule is C#CCOc1ccc2nc(C(=O)c3ccsc3)nc(-c3ccc(C(C)C)cc3)c2c1. The molecule has 2 aromatic carbocycles. The first kappa shape index (κ1) is 19.8. The fourth-order valence-corrected chi connectivity index (χ4v) is 3.83. The zero-order valence-corrected chi connectivity index (χ0v) is 17.6. The van der Waals surface area contributed by atoms with E-state index in [9.17, 15) is 4.79 Å². The van der Waals surface area contributed by atoms with Crippen molar-refractivity contribution in [2.75, 3.05) is 6.61 Å². The molecule has 4 nitrogen and oxygen atoms in total. The number of carbonyl (C=O) groups is 1. The predicted octanol–water partition coefficient (Wildman–Crippen LogP) is 5.72. The molecule has 2 aromatic heterocycles. The fourth-order valence-electron chi connectivity index (χ4n) is 3.19. The summed E-state index contributed by atoms with van der Waals surface area (Å²) in [5, 5.41) is 4.49. The number of rotatable bonds is 6. The highest BCUT2D eigenvalue weighted by molar-refractivity contribution is 7.08. The van der Waals surface area contributed by atoms with Gasteiger partial charge in [-0.05, 0) is 41.1 Å². The third kappa shape index (κ3) is 3.96. The summed E-state index contributed by atoms with van der Waals surface area (Å²) in [7, 11) is 0. The second-order valence-corrected chi connectivity index (χ2v) is 7.97. The summed E-state index contributed by atoms with van der Waals surface area (Å²) in [5.74, 6) is 3.53. The molecule has 0 spiro atoms. The Balaban J connectivity index is 1.88. The Bertz CT molecular complexity index is 1240. The summed E-state index contributed by atoms with van der Waals surface area (Å²) in [6, 6.07) is 15.5. The van der Waals surface area contributed by atoms with E-state index in [1.165, 1.54) is 16.9 Å². The maximum Gasteiger partial charge on any atom is 0.231 e. The first-order valence-corrected chi connectivity index (χ1v) is 10.6. The molecule has 0 aliphatic rings. The molecule has 0 bridgehead atoms. The molecule has 0 aliphatic heterocycles. The van der Waals surface area contributed by atoms with E-state index in [2.05, 4.69) is 41.9 Å². The number of terminal acetylenes is 1. The molecule has 4 rings (SSSR count). The van der Waals surface area contributed by atoms with E-state index in [0.717, 1.165) is 10.9 Å². The van der Waals surface area contributed by atoms with Gasteiger partial charge in [0.2, 0.25) is 11.6 Å². The molecule has 0 saturated carbocycles. The van der Waals surface area contributed by atoms with Crippen LogP contribution in [0.2, 0.25) is 0 Å². The molecule has 0 N–H and O–H groups in total. The zero-order valence-electron chi connectivity index (χ0n) is 16.8. The van der Waals surface area contributed by atoms with Gasteiger partial charge in [0.15, 0.2) is 0 Å². The lowest BCUT2D eigenvalue weighted by molar-refractivity contribution is 0.103. The topological polar surface area (TPSA) is 52.1 Å². The third-order valence-corrected chi connectivity index (χ3v) is 5.51. The highest BCUT2D eigenvalue weighted by Crippen LogP contribution is 2.31. The maximum absolute atomic E-state index is 12.9. The maximum atomic E-state index is 12.9. The highest BCUT2D eigenvalue weighted by atomic mass is 32.1. The lowest BCUT2D eigenvalue weighted by Crippen LogP contribution is -2.08. The van der Waals surface area contributed by atoms with Crippen LogP contribution in [0.1, 0.15) is 41.5 Å². The Morgan fingerprint density at radius 2 is 1.93 bits per heavy atom. The minimum Gasteiger partial charge on any atom is -0.481 e. The van der Waals surface area contributed by atoms with Crippen LogP contribution in [0.15, 0.2) is 59.3 Å². The van der Waals surface area contributed by atoms with Gasteiger partial charge >= 0.3 is 0 Å². The van der Waals surface area contributed by atoms with E-state index in [4.69, 9.17) is 11.2 Å². The molecular weight excluding hydrogens is 392 g/mol. The summed E-state index contributed by atoms with van der Waals surface area (Å²) >= 11 is 1.47. The molecule has 4 aromatic rings. The largest absolute Gasteiger partial charge is 0.481 e. The van der Waals surface area contributed by atoms with Gasteiger partial charge in [0.1, 0.15) is 12.4 Å². The summed E-state index contributed by atoms with van der Waals surface area (Å²) < 4.78 is 5.58. The molecule has 0 amide bonds. The van der Waals surface area contributed by atoms with Gasteiger partial charge < -0.3 is 4.74 Å². The number of carbonyl (C=O) groups excluding carboxylic acids is 1. The van der Waals surface area contributed by atoms with Crippen molar-refractivity contribution in [3.05, 3.63) is 76.2 Å². The Morgan fingerprint density at radius 1 is 1.13 bits per heavy atom. The van der Waals surface area contributed by atoms with Crippen LogP contribution in [0.4, 0.5) is 0 Å². The van der Waals surface area contributed by atoms with E-state index in [0.29, 0.717) is 28.4 Å². The van der Waals surface area contributed by atoms with E-state index >= 15 is 0 Å². The van der Waals surface area contributed by atoms with Crippen LogP contribution in [-0.2, 0) is 0 Å². The van der Waals surface area contributed by atoms with Gasteiger partial charge in [0.25, 0.3) is 0 Å². The second-order valence-electron chi connectivity index (χ2n) is 7.19. The van der Waals surface area contributed by atoms with Gasteiger partial charge in [-0.15, -0.1) is 6.42 Å². The quantitative estimate of drug-likeness (QED) is 0.300. The highest BCUT2D eigenvalue weighted by Gasteiger charge is 2.18. The second kappa shape index (κ2) is 8.48. The lowest BCUT2D eigenvalue weighted by atomic mass is 9.99. The molecule has 0 radical (unpaired) electrons. The first-order valence-electron chi connectivity index (χ1n) is 9.62. The molecule has 148 valence electrons. The minimum atomic E-state index is -0.189. The van der Waals surface area contributed by atoms with Crippen LogP contribution in [0, 0.1) is 12.3 Å². The van der Waals surface area contributed by atoms with E-state index in [1.54, 1.807) is 12.1 Å². The van der Waals surface area contributed by atoms with Crippen molar-refractivity contribution in [1.29, 1.82) is 0 Å². The normalized spacial score (nSPS) is 10.9. The van der Waals surface area contributed by atoms with Crippen LogP contribution >= 0.6 is 11.3 Å². The monoisotopic (exact) mass is 412 g/mol. The Morgan fingerprint density at radius 3 is 2.60 bits per heavy atom. The minimum absolute atomic E-state index is 0.180. The number of ketones is 1. The number of hydrogen-bond acceptors (Lipinski definition) is 5. The standard InChI is InChI=1S/C25H20N2O2S/c1-4-12-29-20-9-10-22-21(14-20)23(18-7-5-17(6-8-18)16(2)3)27-25(26-22)24(28)19-11-13-30-15-19/h1,5-11,13-16H,12H2,2-3H3. The number of thiophene rings is 1. The van der Waals surface area contributed by atoms with Gasteiger partial charge in [-0.3, -0.25) is 4.79 Å². The number of aromatic nitrogens is 2. The van der Waals surface area contributed by atoms with Crippen molar-refractivity contribution < 1.29 is 9.53 Å². The zero-order chi connectivity index (χ0) is 21.1. The molecule has 0 unspecified atom stereocenters. The number of fused-ring (bicyclic) bond motifs is 1. The van der Waals surface area contributed by atoms with Crippen LogP contribution < -0.4 is 4.74 Å². The predicted molar refractivity (Wildman–Crippen MR) is 121 cm³/mol. The molecule has 0 aliphatic carbocycles. The van der Waals surface area contributed by atoms with Crippen LogP contribution in [-0.4, -0.2) is 22.4 Å². The van der Waals surface area contributed by atoms with Crippen LogP contribution in [0.5, 0.6) is 5.75 Å². The molecule has 0 saturated heterocycles. The van der Waals surface area contributed by atoms with Crippen molar-refractivity contribution in [2.24, 2.45) is 0 Å². The van der Waals surface area contributed by atoms with Gasteiger partial charge in [-0.2, -0.15) is 11.3 Å². The summed E-state index contributed by atoms with van der Waals surface area (Å²) in [6.07, 6.45) is 5.31. The van der Waals surface area contributed by atoms with Crippen molar-refractivity contribution in [2.45, 2.75) is 19.8 Å². The number of benzene rings is 2. The van der Waals surface area contributed by atoms with E-state index in [-0.39, 0.29) is 18.2 Å². The van der Waals surface area contributed by atoms with Crippen LogP contribution in [0.25, 0.3) is 22.2 Å². The molecule has 30 heavy (non-hydrogen) atoms. The number of ether oxygens (including phenoxy) is 1. The average molecular weight is 413 g/mol. The molecular formula is C25H20N2O2S. The van der Waals surface area contributed by atoms with Crippen molar-refractivity contribution >= 4 is 28.0 Å². The number of hydrogen-bond donors (Lipinski definition) is 0. The van der Waals surface area contributed by atoms with E-state index in [1.807, 2.05) is 35.0 Å². The fraction of sp³-hybridized carbons (Fsp3) is 0.160. The summed E-state index contributed by atoms with van der Waals surface area (Å²) in [4.78, 5) is 22.1. The van der Waals surface area contributed by atoms with Gasteiger partial charge in [0, 0.05) is 21.9 Å². The molecule has 5 heteroatoms. The average Bonchev–Trinajstić information content (AvgIpc) is 3.31. The van der Waals surface area contributed by atoms with Gasteiger partial charge in [-0.1, -0.05) is 44.0 Å². The van der Waals surface area contributed by atoms with Gasteiger partial charge in [0.05, 0.1) is 11.2 Å². The van der Waals surface area contributed by atoms with Crippen molar-refractivity contribution in [1.82, 2.24) is 9.97 Å². The molecule has 2 heterocycles. The molecule has 0 atom stereocenters. The Hall–Kier alpha value is -3.49.